The molecular formula is C23H30N6O3. The second kappa shape index (κ2) is 8.46. The zero-order chi connectivity index (χ0) is 22.2. The van der Waals surface area contributed by atoms with Gasteiger partial charge in [0.05, 0.1) is 23.8 Å². The van der Waals surface area contributed by atoms with E-state index in [0.717, 1.165) is 68.5 Å². The molecule has 2 aromatic heterocycles. The quantitative estimate of drug-likeness (QED) is 0.660. The van der Waals surface area contributed by atoms with Crippen molar-refractivity contribution in [1.82, 2.24) is 28.7 Å². The molecule has 1 fully saturated rings. The molecule has 3 aromatic rings. The lowest BCUT2D eigenvalue weighted by atomic mass is 10.0. The second-order valence-electron chi connectivity index (χ2n) is 8.92. The Morgan fingerprint density at radius 1 is 1.12 bits per heavy atom. The van der Waals surface area contributed by atoms with Gasteiger partial charge in [0.2, 0.25) is 0 Å². The molecule has 1 saturated heterocycles. The molecule has 170 valence electrons. The lowest BCUT2D eigenvalue weighted by Crippen LogP contribution is -2.38. The first-order chi connectivity index (χ1) is 15.5. The van der Waals surface area contributed by atoms with Crippen molar-refractivity contribution < 1.29 is 9.90 Å². The van der Waals surface area contributed by atoms with E-state index in [4.69, 9.17) is 0 Å². The number of carboxylic acid groups (broad SMARTS) is 1. The van der Waals surface area contributed by atoms with Crippen LogP contribution >= 0.6 is 0 Å². The first-order valence-electron chi connectivity index (χ1n) is 11.4. The van der Waals surface area contributed by atoms with Gasteiger partial charge in [-0.3, -0.25) is 13.8 Å². The second-order valence-corrected chi connectivity index (χ2v) is 8.92. The lowest BCUT2D eigenvalue weighted by molar-refractivity contribution is 0.139. The number of piperidine rings is 1. The van der Waals surface area contributed by atoms with Crippen molar-refractivity contribution >= 4 is 17.1 Å². The maximum Gasteiger partial charge on any atom is 0.407 e. The standard InChI is InChI=1S/C23H30N6O3/c1-25-20-5-2-3-6-21(20)29(22(25)30)18-7-12-26(13-8-18)10-4-11-28-19-9-14-27(23(31)32)16-17(19)15-24-28/h2-3,5-6,15,18H,4,7-14,16H2,1H3,(H,31,32). The Morgan fingerprint density at radius 2 is 1.88 bits per heavy atom. The van der Waals surface area contributed by atoms with Gasteiger partial charge in [-0.05, 0) is 37.9 Å². The zero-order valence-electron chi connectivity index (χ0n) is 18.5. The number of benzene rings is 1. The number of aromatic nitrogens is 4. The number of likely N-dealkylation sites (tertiary alicyclic amines) is 1. The van der Waals surface area contributed by atoms with Gasteiger partial charge in [-0.1, -0.05) is 12.1 Å². The van der Waals surface area contributed by atoms with Crippen LogP contribution < -0.4 is 5.69 Å². The highest BCUT2D eigenvalue weighted by molar-refractivity contribution is 5.76. The monoisotopic (exact) mass is 438 g/mol. The fourth-order valence-electron chi connectivity index (χ4n) is 5.27. The van der Waals surface area contributed by atoms with E-state index in [2.05, 4.69) is 14.7 Å². The number of fused-ring (bicyclic) bond motifs is 2. The summed E-state index contributed by atoms with van der Waals surface area (Å²) in [6, 6.07) is 8.29. The molecule has 0 atom stereocenters. The Morgan fingerprint density at radius 3 is 2.62 bits per heavy atom. The zero-order valence-corrected chi connectivity index (χ0v) is 18.5. The van der Waals surface area contributed by atoms with Gasteiger partial charge in [0.25, 0.3) is 0 Å². The molecule has 2 aliphatic rings. The third kappa shape index (κ3) is 3.70. The molecule has 9 heteroatoms. The summed E-state index contributed by atoms with van der Waals surface area (Å²) in [6.45, 7) is 4.81. The number of rotatable bonds is 5. The highest BCUT2D eigenvalue weighted by Gasteiger charge is 2.25. The molecule has 0 unspecified atom stereocenters. The summed E-state index contributed by atoms with van der Waals surface area (Å²) in [5.74, 6) is 0. The molecule has 4 heterocycles. The number of nitrogens with zero attached hydrogens (tertiary/aromatic N) is 6. The average Bonchev–Trinajstić information content (AvgIpc) is 3.33. The number of amides is 1. The highest BCUT2D eigenvalue weighted by atomic mass is 16.4. The number of hydrogen-bond donors (Lipinski definition) is 1. The Bertz CT molecular complexity index is 1180. The van der Waals surface area contributed by atoms with E-state index in [1.807, 2.05) is 42.1 Å². The molecule has 0 radical (unpaired) electrons. The summed E-state index contributed by atoms with van der Waals surface area (Å²) in [5, 5.41) is 13.7. The molecule has 1 N–H and O–H groups in total. The Kier molecular flexibility index (Phi) is 5.50. The van der Waals surface area contributed by atoms with Crippen molar-refractivity contribution in [3.05, 3.63) is 52.2 Å². The Balaban J connectivity index is 1.15. The van der Waals surface area contributed by atoms with E-state index in [0.29, 0.717) is 13.1 Å². The number of para-hydroxylation sites is 2. The first-order valence-corrected chi connectivity index (χ1v) is 11.4. The van der Waals surface area contributed by atoms with Crippen molar-refractivity contribution in [3.63, 3.8) is 0 Å². The van der Waals surface area contributed by atoms with E-state index in [-0.39, 0.29) is 11.7 Å². The Labute approximate surface area is 186 Å². The van der Waals surface area contributed by atoms with E-state index in [9.17, 15) is 14.7 Å². The average molecular weight is 439 g/mol. The SMILES string of the molecule is Cn1c(=O)n(C2CCN(CCCn3ncc4c3CCN(C(=O)O)C4)CC2)c2ccccc21. The molecule has 5 rings (SSSR count). The third-order valence-electron chi connectivity index (χ3n) is 7.05. The number of hydrogen-bond acceptors (Lipinski definition) is 4. The molecular weight excluding hydrogens is 408 g/mol. The molecule has 32 heavy (non-hydrogen) atoms. The smallest absolute Gasteiger partial charge is 0.407 e. The van der Waals surface area contributed by atoms with Crippen molar-refractivity contribution in [3.8, 4) is 0 Å². The van der Waals surface area contributed by atoms with Crippen LogP contribution in [0.3, 0.4) is 0 Å². The van der Waals surface area contributed by atoms with Crippen LogP contribution in [0.2, 0.25) is 0 Å². The van der Waals surface area contributed by atoms with Gasteiger partial charge < -0.3 is 14.9 Å². The van der Waals surface area contributed by atoms with Crippen LogP contribution in [0.4, 0.5) is 4.79 Å². The minimum atomic E-state index is -0.863. The number of aryl methyl sites for hydroxylation is 2. The van der Waals surface area contributed by atoms with Crippen molar-refractivity contribution in [2.24, 2.45) is 7.05 Å². The van der Waals surface area contributed by atoms with E-state index >= 15 is 0 Å². The van der Waals surface area contributed by atoms with E-state index < -0.39 is 6.09 Å². The number of carbonyl (C=O) groups is 1. The molecule has 2 aliphatic heterocycles. The predicted molar refractivity (Wildman–Crippen MR) is 121 cm³/mol. The van der Waals surface area contributed by atoms with Crippen LogP contribution in [-0.4, -0.2) is 66.1 Å². The Hall–Kier alpha value is -3.07. The summed E-state index contributed by atoms with van der Waals surface area (Å²) >= 11 is 0. The molecule has 0 spiro atoms. The fraction of sp³-hybridized carbons (Fsp3) is 0.522. The topological polar surface area (TPSA) is 88.5 Å². The van der Waals surface area contributed by atoms with Crippen LogP contribution in [0, 0.1) is 0 Å². The van der Waals surface area contributed by atoms with Crippen molar-refractivity contribution in [2.45, 2.75) is 44.8 Å². The molecule has 0 bridgehead atoms. The molecule has 9 nitrogen and oxygen atoms in total. The van der Waals surface area contributed by atoms with E-state index in [1.165, 1.54) is 10.6 Å². The molecule has 0 saturated carbocycles. The summed E-state index contributed by atoms with van der Waals surface area (Å²) in [6.07, 6.45) is 4.66. The van der Waals surface area contributed by atoms with Gasteiger partial charge in [-0.2, -0.15) is 5.10 Å². The first kappa shape index (κ1) is 20.8. The molecule has 0 aliphatic carbocycles. The van der Waals surface area contributed by atoms with Gasteiger partial charge in [0, 0.05) is 56.9 Å². The summed E-state index contributed by atoms with van der Waals surface area (Å²) in [5.41, 5.74) is 4.31. The van der Waals surface area contributed by atoms with Gasteiger partial charge in [0.1, 0.15) is 0 Å². The molecule has 1 aromatic carbocycles. The normalized spacial score (nSPS) is 17.7. The van der Waals surface area contributed by atoms with Gasteiger partial charge in [0.15, 0.2) is 0 Å². The van der Waals surface area contributed by atoms with Crippen LogP contribution in [0.15, 0.2) is 35.3 Å². The van der Waals surface area contributed by atoms with Crippen LogP contribution in [0.25, 0.3) is 11.0 Å². The van der Waals surface area contributed by atoms with Crippen molar-refractivity contribution in [1.29, 1.82) is 0 Å². The van der Waals surface area contributed by atoms with E-state index in [1.54, 1.807) is 4.57 Å². The highest BCUT2D eigenvalue weighted by Crippen LogP contribution is 2.26. The summed E-state index contributed by atoms with van der Waals surface area (Å²) < 4.78 is 5.79. The fourth-order valence-corrected chi connectivity index (χ4v) is 5.27. The van der Waals surface area contributed by atoms with Gasteiger partial charge >= 0.3 is 11.8 Å². The van der Waals surface area contributed by atoms with Gasteiger partial charge in [-0.25, -0.2) is 9.59 Å². The largest absolute Gasteiger partial charge is 0.465 e. The maximum absolute atomic E-state index is 12.8. The van der Waals surface area contributed by atoms with Crippen molar-refractivity contribution in [2.75, 3.05) is 26.2 Å². The summed E-state index contributed by atoms with van der Waals surface area (Å²) in [7, 11) is 1.85. The minimum absolute atomic E-state index is 0.0783. The lowest BCUT2D eigenvalue weighted by Gasteiger charge is -2.32. The predicted octanol–water partition coefficient (Wildman–Crippen LogP) is 2.30. The van der Waals surface area contributed by atoms with Gasteiger partial charge in [-0.15, -0.1) is 0 Å². The maximum atomic E-state index is 12.8. The third-order valence-corrected chi connectivity index (χ3v) is 7.05. The van der Waals surface area contributed by atoms with Crippen LogP contribution in [-0.2, 0) is 26.6 Å². The molecule has 1 amide bonds. The van der Waals surface area contributed by atoms with Crippen LogP contribution in [0.5, 0.6) is 0 Å². The number of imidazole rings is 1. The van der Waals surface area contributed by atoms with Crippen LogP contribution in [0.1, 0.15) is 36.6 Å². The summed E-state index contributed by atoms with van der Waals surface area (Å²) in [4.78, 5) is 27.9. The minimum Gasteiger partial charge on any atom is -0.465 e.